The molecule has 1 aliphatic heterocycles. The molecule has 0 atom stereocenters. The summed E-state index contributed by atoms with van der Waals surface area (Å²) < 4.78 is 3.05. The van der Waals surface area contributed by atoms with Crippen molar-refractivity contribution in [2.45, 2.75) is 12.6 Å². The van der Waals surface area contributed by atoms with E-state index in [4.69, 9.17) is 0 Å². The quantitative estimate of drug-likeness (QED) is 0.670. The van der Waals surface area contributed by atoms with Gasteiger partial charge in [0.1, 0.15) is 6.54 Å². The van der Waals surface area contributed by atoms with Gasteiger partial charge in [-0.2, -0.15) is 0 Å². The van der Waals surface area contributed by atoms with Gasteiger partial charge in [-0.05, 0) is 24.3 Å². The minimum atomic E-state index is -0.0947. The summed E-state index contributed by atoms with van der Waals surface area (Å²) in [5.41, 5.74) is 2.05. The minimum absolute atomic E-state index is 0.00577. The molecule has 1 saturated heterocycles. The first kappa shape index (κ1) is 16.8. The van der Waals surface area contributed by atoms with Crippen LogP contribution in [-0.4, -0.2) is 40.4 Å². The molecule has 5 nitrogen and oxygen atoms in total. The third-order valence-corrected chi connectivity index (χ3v) is 5.44. The number of halogens is 1. The number of nitrogens with zero attached hydrogens (tertiary/aromatic N) is 2. The normalized spacial score (nSPS) is 14.4. The topological polar surface area (TPSA) is 54.3 Å². The van der Waals surface area contributed by atoms with Gasteiger partial charge in [0, 0.05) is 33.9 Å². The van der Waals surface area contributed by atoms with Gasteiger partial charge >= 0.3 is 0 Å². The monoisotopic (exact) mass is 411 g/mol. The summed E-state index contributed by atoms with van der Waals surface area (Å²) in [6.07, 6.45) is 1.30. The van der Waals surface area contributed by atoms with Gasteiger partial charge < -0.3 is 14.8 Å². The van der Waals surface area contributed by atoms with Crippen LogP contribution in [0.25, 0.3) is 21.8 Å². The Morgan fingerprint density at radius 1 is 1.15 bits per heavy atom. The van der Waals surface area contributed by atoms with Gasteiger partial charge in [0.2, 0.25) is 11.8 Å². The molecule has 132 valence electrons. The molecule has 0 bridgehead atoms. The molecule has 0 radical (unpaired) electrons. The van der Waals surface area contributed by atoms with Crippen LogP contribution in [-0.2, 0) is 16.1 Å². The molecule has 1 fully saturated rings. The Kier molecular flexibility index (Phi) is 4.28. The van der Waals surface area contributed by atoms with E-state index in [-0.39, 0.29) is 24.4 Å². The van der Waals surface area contributed by atoms with E-state index in [1.165, 1.54) is 6.08 Å². The molecule has 26 heavy (non-hydrogen) atoms. The number of amides is 2. The van der Waals surface area contributed by atoms with Crippen LogP contribution in [0.15, 0.2) is 59.6 Å². The predicted molar refractivity (Wildman–Crippen MR) is 106 cm³/mol. The van der Waals surface area contributed by atoms with Crippen molar-refractivity contribution in [1.29, 1.82) is 0 Å². The molecule has 2 aromatic carbocycles. The van der Waals surface area contributed by atoms with Crippen molar-refractivity contribution >= 4 is 49.6 Å². The molecule has 2 heterocycles. The second kappa shape index (κ2) is 6.61. The van der Waals surface area contributed by atoms with Crippen molar-refractivity contribution in [2.75, 3.05) is 13.1 Å². The van der Waals surface area contributed by atoms with Gasteiger partial charge in [-0.25, -0.2) is 0 Å². The molecule has 1 aliphatic rings. The van der Waals surface area contributed by atoms with Crippen LogP contribution in [0.2, 0.25) is 0 Å². The number of nitrogens with one attached hydrogen (secondary N) is 1. The molecule has 2 amide bonds. The van der Waals surface area contributed by atoms with E-state index in [2.05, 4.69) is 33.9 Å². The third-order valence-electron chi connectivity index (χ3n) is 4.78. The summed E-state index contributed by atoms with van der Waals surface area (Å²) >= 11 is 3.63. The number of para-hydroxylation sites is 1. The van der Waals surface area contributed by atoms with Crippen LogP contribution in [0.1, 0.15) is 0 Å². The zero-order chi connectivity index (χ0) is 18.3. The summed E-state index contributed by atoms with van der Waals surface area (Å²) in [7, 11) is 0. The maximum atomic E-state index is 12.6. The first-order valence-electron chi connectivity index (χ1n) is 8.44. The van der Waals surface area contributed by atoms with Gasteiger partial charge in [-0.1, -0.05) is 46.8 Å². The van der Waals surface area contributed by atoms with E-state index in [9.17, 15) is 9.59 Å². The zero-order valence-corrected chi connectivity index (χ0v) is 15.7. The molecule has 0 aliphatic carbocycles. The molecule has 0 unspecified atom stereocenters. The second-order valence-electron chi connectivity index (χ2n) is 6.45. The highest BCUT2D eigenvalue weighted by Gasteiger charge is 2.30. The maximum Gasteiger partial charge on any atom is 0.246 e. The van der Waals surface area contributed by atoms with Gasteiger partial charge in [-0.15, -0.1) is 0 Å². The van der Waals surface area contributed by atoms with E-state index in [0.717, 1.165) is 26.3 Å². The molecule has 0 saturated carbocycles. The fourth-order valence-electron chi connectivity index (χ4n) is 3.52. The van der Waals surface area contributed by atoms with E-state index in [1.807, 2.05) is 41.0 Å². The van der Waals surface area contributed by atoms with E-state index >= 15 is 0 Å². The number of likely N-dealkylation sites (tertiary alicyclic amines) is 1. The van der Waals surface area contributed by atoms with Crippen molar-refractivity contribution in [3.63, 3.8) is 0 Å². The Hall–Kier alpha value is -2.60. The Balaban J connectivity index is 1.57. The molecular formula is C20H18BrN3O2. The highest BCUT2D eigenvalue weighted by molar-refractivity contribution is 9.10. The number of rotatable bonds is 4. The van der Waals surface area contributed by atoms with Crippen molar-refractivity contribution in [2.24, 2.45) is 0 Å². The standard InChI is InChI=1S/C20H18BrN3O2/c1-2-19(26)23-10-13(11-23)22-18(25)12-24-16-8-4-3-6-14(16)20-15(21)7-5-9-17(20)24/h2-9,13H,1,10-12H2,(H,22,25). The largest absolute Gasteiger partial charge is 0.348 e. The molecule has 6 heteroatoms. The van der Waals surface area contributed by atoms with Gasteiger partial charge in [0.05, 0.1) is 11.6 Å². The maximum absolute atomic E-state index is 12.6. The van der Waals surface area contributed by atoms with Crippen molar-refractivity contribution in [1.82, 2.24) is 14.8 Å². The first-order valence-corrected chi connectivity index (χ1v) is 9.24. The van der Waals surface area contributed by atoms with Crippen LogP contribution >= 0.6 is 15.9 Å². The molecular weight excluding hydrogens is 394 g/mol. The summed E-state index contributed by atoms with van der Waals surface area (Å²) in [6, 6.07) is 14.1. The highest BCUT2D eigenvalue weighted by Crippen LogP contribution is 2.34. The lowest BCUT2D eigenvalue weighted by atomic mass is 10.1. The number of aromatic nitrogens is 1. The third kappa shape index (κ3) is 2.80. The van der Waals surface area contributed by atoms with Gasteiger partial charge in [0.15, 0.2) is 0 Å². The summed E-state index contributed by atoms with van der Waals surface area (Å²) in [4.78, 5) is 25.7. The summed E-state index contributed by atoms with van der Waals surface area (Å²) in [6.45, 7) is 4.80. The lowest BCUT2D eigenvalue weighted by Crippen LogP contribution is -2.61. The average molecular weight is 412 g/mol. The molecule has 1 aromatic heterocycles. The highest BCUT2D eigenvalue weighted by atomic mass is 79.9. The Morgan fingerprint density at radius 2 is 1.88 bits per heavy atom. The Morgan fingerprint density at radius 3 is 2.65 bits per heavy atom. The van der Waals surface area contributed by atoms with Crippen molar-refractivity contribution in [3.05, 3.63) is 59.6 Å². The smallest absolute Gasteiger partial charge is 0.246 e. The zero-order valence-electron chi connectivity index (χ0n) is 14.1. The lowest BCUT2D eigenvalue weighted by molar-refractivity contribution is -0.133. The van der Waals surface area contributed by atoms with Crippen molar-refractivity contribution < 1.29 is 9.59 Å². The van der Waals surface area contributed by atoms with Gasteiger partial charge in [-0.3, -0.25) is 9.59 Å². The van der Waals surface area contributed by atoms with Crippen LogP contribution in [0, 0.1) is 0 Å². The van der Waals surface area contributed by atoms with Crippen LogP contribution in [0.5, 0.6) is 0 Å². The fraction of sp³-hybridized carbons (Fsp3) is 0.200. The Bertz CT molecular complexity index is 1030. The van der Waals surface area contributed by atoms with Crippen LogP contribution in [0.4, 0.5) is 0 Å². The molecule has 0 spiro atoms. The second-order valence-corrected chi connectivity index (χ2v) is 7.30. The number of carbonyl (C=O) groups excluding carboxylic acids is 2. The SMILES string of the molecule is C=CC(=O)N1CC(NC(=O)Cn2c3ccccc3c3c(Br)cccc32)C1. The summed E-state index contributed by atoms with van der Waals surface area (Å²) in [5.74, 6) is -0.147. The van der Waals surface area contributed by atoms with Crippen molar-refractivity contribution in [3.8, 4) is 0 Å². The van der Waals surface area contributed by atoms with Crippen LogP contribution in [0.3, 0.4) is 0 Å². The molecule has 3 aromatic rings. The Labute approximate surface area is 159 Å². The molecule has 4 rings (SSSR count). The predicted octanol–water partition coefficient (Wildman–Crippen LogP) is 3.07. The minimum Gasteiger partial charge on any atom is -0.348 e. The van der Waals surface area contributed by atoms with E-state index in [1.54, 1.807) is 4.90 Å². The number of hydrogen-bond donors (Lipinski definition) is 1. The summed E-state index contributed by atoms with van der Waals surface area (Å²) in [5, 5.41) is 5.24. The van der Waals surface area contributed by atoms with E-state index in [0.29, 0.717) is 13.1 Å². The first-order chi connectivity index (χ1) is 12.6. The molecule has 1 N–H and O–H groups in total. The average Bonchev–Trinajstić information content (AvgIpc) is 2.92. The lowest BCUT2D eigenvalue weighted by Gasteiger charge is -2.38. The van der Waals surface area contributed by atoms with Gasteiger partial charge in [0.25, 0.3) is 0 Å². The van der Waals surface area contributed by atoms with E-state index < -0.39 is 0 Å². The number of carbonyl (C=O) groups is 2. The number of fused-ring (bicyclic) bond motifs is 3. The fourth-order valence-corrected chi connectivity index (χ4v) is 4.09. The number of hydrogen-bond acceptors (Lipinski definition) is 2. The van der Waals surface area contributed by atoms with Crippen LogP contribution < -0.4 is 5.32 Å². The number of benzene rings is 2.